The van der Waals surface area contributed by atoms with Gasteiger partial charge in [-0.15, -0.1) is 10.2 Å². The van der Waals surface area contributed by atoms with Crippen molar-refractivity contribution in [2.45, 2.75) is 20.0 Å². The molecule has 0 bridgehead atoms. The molecule has 6 heteroatoms. The highest BCUT2D eigenvalue weighted by Crippen LogP contribution is 2.31. The molecule has 0 atom stereocenters. The standard InChI is InChI=1S/C11H14N4OS/c1-6(2)16-9-4-3-7(5-8(9)12)10-14-15-11(13)17-10/h3-6H,12H2,1-2H3,(H2,13,15). The lowest BCUT2D eigenvalue weighted by molar-refractivity contribution is 0.244. The maximum absolute atomic E-state index is 5.91. The van der Waals surface area contributed by atoms with Gasteiger partial charge in [-0.25, -0.2) is 0 Å². The van der Waals surface area contributed by atoms with Crippen LogP contribution in [0.25, 0.3) is 10.6 Å². The van der Waals surface area contributed by atoms with Gasteiger partial charge in [-0.05, 0) is 32.0 Å². The summed E-state index contributed by atoms with van der Waals surface area (Å²) >= 11 is 1.33. The van der Waals surface area contributed by atoms with Gasteiger partial charge in [0, 0.05) is 5.56 Å². The van der Waals surface area contributed by atoms with E-state index in [1.165, 1.54) is 11.3 Å². The smallest absolute Gasteiger partial charge is 0.203 e. The third kappa shape index (κ3) is 2.65. The van der Waals surface area contributed by atoms with E-state index in [9.17, 15) is 0 Å². The van der Waals surface area contributed by atoms with Gasteiger partial charge in [0.15, 0.2) is 0 Å². The Morgan fingerprint density at radius 1 is 1.24 bits per heavy atom. The summed E-state index contributed by atoms with van der Waals surface area (Å²) in [7, 11) is 0. The molecule has 0 aliphatic rings. The summed E-state index contributed by atoms with van der Waals surface area (Å²) in [5.41, 5.74) is 12.9. The Labute approximate surface area is 103 Å². The number of aromatic nitrogens is 2. The molecule has 0 amide bonds. The normalized spacial score (nSPS) is 10.8. The highest BCUT2D eigenvalue weighted by Gasteiger charge is 2.08. The quantitative estimate of drug-likeness (QED) is 0.815. The third-order valence-corrected chi connectivity index (χ3v) is 2.86. The van der Waals surface area contributed by atoms with Crippen molar-refractivity contribution in [2.75, 3.05) is 11.5 Å². The molecule has 5 nitrogen and oxygen atoms in total. The van der Waals surface area contributed by atoms with Crippen LogP contribution in [0.4, 0.5) is 10.8 Å². The molecule has 4 N–H and O–H groups in total. The summed E-state index contributed by atoms with van der Waals surface area (Å²) in [6.45, 7) is 3.91. The second kappa shape index (κ2) is 4.58. The van der Waals surface area contributed by atoms with Crippen LogP contribution in [-0.2, 0) is 0 Å². The molecule has 0 saturated carbocycles. The topological polar surface area (TPSA) is 87.0 Å². The second-order valence-electron chi connectivity index (χ2n) is 3.86. The number of nitrogens with zero attached hydrogens (tertiary/aromatic N) is 2. The number of nitrogens with two attached hydrogens (primary N) is 2. The number of hydrogen-bond donors (Lipinski definition) is 2. The first-order valence-electron chi connectivity index (χ1n) is 5.22. The van der Waals surface area contributed by atoms with Gasteiger partial charge in [-0.1, -0.05) is 11.3 Å². The molecule has 0 unspecified atom stereocenters. The van der Waals surface area contributed by atoms with Crippen LogP contribution < -0.4 is 16.2 Å². The Balaban J connectivity index is 2.30. The highest BCUT2D eigenvalue weighted by molar-refractivity contribution is 7.18. The lowest BCUT2D eigenvalue weighted by atomic mass is 10.2. The monoisotopic (exact) mass is 250 g/mol. The van der Waals surface area contributed by atoms with Gasteiger partial charge in [0.1, 0.15) is 10.8 Å². The Hall–Kier alpha value is -1.82. The van der Waals surface area contributed by atoms with Crippen LogP contribution in [0.3, 0.4) is 0 Å². The predicted octanol–water partition coefficient (Wildman–Crippen LogP) is 2.16. The molecule has 2 aromatic rings. The van der Waals surface area contributed by atoms with E-state index in [1.807, 2.05) is 32.0 Å². The maximum atomic E-state index is 5.91. The zero-order chi connectivity index (χ0) is 12.4. The summed E-state index contributed by atoms with van der Waals surface area (Å²) in [4.78, 5) is 0. The minimum Gasteiger partial charge on any atom is -0.489 e. The molecule has 0 fully saturated rings. The van der Waals surface area contributed by atoms with Crippen molar-refractivity contribution in [2.24, 2.45) is 0 Å². The molecule has 1 aromatic carbocycles. The van der Waals surface area contributed by atoms with Crippen LogP contribution >= 0.6 is 11.3 Å². The zero-order valence-corrected chi connectivity index (χ0v) is 10.5. The van der Waals surface area contributed by atoms with Crippen LogP contribution in [-0.4, -0.2) is 16.3 Å². The first kappa shape index (κ1) is 11.7. The highest BCUT2D eigenvalue weighted by atomic mass is 32.1. The van der Waals surface area contributed by atoms with Gasteiger partial charge >= 0.3 is 0 Å². The van der Waals surface area contributed by atoms with Crippen LogP contribution in [0.1, 0.15) is 13.8 Å². The summed E-state index contributed by atoms with van der Waals surface area (Å²) in [5.74, 6) is 0.682. The van der Waals surface area contributed by atoms with E-state index in [2.05, 4.69) is 10.2 Å². The van der Waals surface area contributed by atoms with Gasteiger partial charge in [-0.3, -0.25) is 0 Å². The predicted molar refractivity (Wildman–Crippen MR) is 69.9 cm³/mol. The molecule has 0 radical (unpaired) electrons. The summed E-state index contributed by atoms with van der Waals surface area (Å²) in [6, 6.07) is 5.55. The Bertz CT molecular complexity index is 524. The zero-order valence-electron chi connectivity index (χ0n) is 9.68. The lowest BCUT2D eigenvalue weighted by Crippen LogP contribution is -2.07. The van der Waals surface area contributed by atoms with Gasteiger partial charge < -0.3 is 16.2 Å². The van der Waals surface area contributed by atoms with Crippen molar-refractivity contribution in [3.63, 3.8) is 0 Å². The van der Waals surface area contributed by atoms with Crippen LogP contribution in [0, 0.1) is 0 Å². The van der Waals surface area contributed by atoms with Crippen molar-refractivity contribution in [3.8, 4) is 16.3 Å². The number of anilines is 2. The van der Waals surface area contributed by atoms with Gasteiger partial charge in [0.05, 0.1) is 11.8 Å². The van der Waals surface area contributed by atoms with Gasteiger partial charge in [0.25, 0.3) is 0 Å². The van der Waals surface area contributed by atoms with E-state index in [0.29, 0.717) is 16.6 Å². The average Bonchev–Trinajstić information content (AvgIpc) is 2.67. The van der Waals surface area contributed by atoms with Crippen molar-refractivity contribution >= 4 is 22.2 Å². The largest absolute Gasteiger partial charge is 0.489 e. The van der Waals surface area contributed by atoms with Crippen LogP contribution in [0.2, 0.25) is 0 Å². The van der Waals surface area contributed by atoms with Gasteiger partial charge in [-0.2, -0.15) is 0 Å². The van der Waals surface area contributed by atoms with Crippen molar-refractivity contribution in [3.05, 3.63) is 18.2 Å². The molecule has 17 heavy (non-hydrogen) atoms. The number of ether oxygens (including phenoxy) is 1. The molecule has 0 aliphatic carbocycles. The Morgan fingerprint density at radius 2 is 2.00 bits per heavy atom. The molecule has 90 valence electrons. The molecule has 2 rings (SSSR count). The minimum absolute atomic E-state index is 0.0975. The number of hydrogen-bond acceptors (Lipinski definition) is 6. The number of benzene rings is 1. The molecule has 0 saturated heterocycles. The van der Waals surface area contributed by atoms with Crippen LogP contribution in [0.15, 0.2) is 18.2 Å². The maximum Gasteiger partial charge on any atom is 0.203 e. The number of rotatable bonds is 3. The van der Waals surface area contributed by atoms with E-state index >= 15 is 0 Å². The second-order valence-corrected chi connectivity index (χ2v) is 4.87. The van der Waals surface area contributed by atoms with E-state index in [0.717, 1.165) is 10.6 Å². The van der Waals surface area contributed by atoms with Crippen molar-refractivity contribution in [1.29, 1.82) is 0 Å². The fourth-order valence-electron chi connectivity index (χ4n) is 1.39. The summed E-state index contributed by atoms with van der Waals surface area (Å²) in [6.07, 6.45) is 0.0975. The van der Waals surface area contributed by atoms with E-state index in [1.54, 1.807) is 0 Å². The molecule has 0 spiro atoms. The Kier molecular flexibility index (Phi) is 3.14. The summed E-state index contributed by atoms with van der Waals surface area (Å²) < 4.78 is 5.56. The summed E-state index contributed by atoms with van der Waals surface area (Å²) in [5, 5.41) is 8.93. The molecular weight excluding hydrogens is 236 g/mol. The molecule has 0 aliphatic heterocycles. The molecule has 1 aromatic heterocycles. The fourth-order valence-corrected chi connectivity index (χ4v) is 2.00. The third-order valence-electron chi connectivity index (χ3n) is 2.06. The first-order valence-corrected chi connectivity index (χ1v) is 6.03. The fraction of sp³-hybridized carbons (Fsp3) is 0.273. The minimum atomic E-state index is 0.0975. The van der Waals surface area contributed by atoms with E-state index in [4.69, 9.17) is 16.2 Å². The SMILES string of the molecule is CC(C)Oc1ccc(-c2nnc(N)s2)cc1N. The molecule has 1 heterocycles. The molecular formula is C11H14N4OS. The lowest BCUT2D eigenvalue weighted by Gasteiger charge is -2.12. The van der Waals surface area contributed by atoms with Crippen LogP contribution in [0.5, 0.6) is 5.75 Å². The van der Waals surface area contributed by atoms with Crippen molar-refractivity contribution < 1.29 is 4.74 Å². The first-order chi connectivity index (χ1) is 8.06. The Morgan fingerprint density at radius 3 is 2.53 bits per heavy atom. The van der Waals surface area contributed by atoms with Gasteiger partial charge in [0.2, 0.25) is 5.13 Å². The van der Waals surface area contributed by atoms with Crippen molar-refractivity contribution in [1.82, 2.24) is 10.2 Å². The van der Waals surface area contributed by atoms with E-state index < -0.39 is 0 Å². The average molecular weight is 250 g/mol. The van der Waals surface area contributed by atoms with E-state index in [-0.39, 0.29) is 6.10 Å². The number of nitrogen functional groups attached to an aromatic ring is 2.